The minimum absolute atomic E-state index is 0.00715. The van der Waals surface area contributed by atoms with Crippen LogP contribution in [0.3, 0.4) is 0 Å². The quantitative estimate of drug-likeness (QED) is 0.362. The van der Waals surface area contributed by atoms with Crippen LogP contribution in [0, 0.1) is 6.92 Å². The van der Waals surface area contributed by atoms with Crippen LogP contribution in [-0.4, -0.2) is 48.1 Å². The lowest BCUT2D eigenvalue weighted by Crippen LogP contribution is -2.18. The molecule has 11 heteroatoms. The normalized spacial score (nSPS) is 11.3. The smallest absolute Gasteiger partial charge is 0.243 e. The first kappa shape index (κ1) is 24.5. The van der Waals surface area contributed by atoms with E-state index in [0.29, 0.717) is 39.3 Å². The van der Waals surface area contributed by atoms with Crippen LogP contribution in [-0.2, 0) is 10.0 Å². The van der Waals surface area contributed by atoms with Crippen LogP contribution in [0.1, 0.15) is 12.6 Å². The lowest BCUT2D eigenvalue weighted by Gasteiger charge is -2.18. The Morgan fingerprint density at radius 3 is 2.23 bits per heavy atom. The maximum atomic E-state index is 12.5. The number of methoxy groups -OCH3 is 2. The predicted octanol–water partition coefficient (Wildman–Crippen LogP) is 4.74. The summed E-state index contributed by atoms with van der Waals surface area (Å²) < 4.78 is 40.3. The minimum atomic E-state index is -3.67. The van der Waals surface area contributed by atoms with Gasteiger partial charge in [-0.25, -0.2) is 8.42 Å². The molecule has 0 aliphatic heterocycles. The van der Waals surface area contributed by atoms with Crippen LogP contribution in [0.15, 0.2) is 54.6 Å². The number of pyridine rings is 1. The molecule has 35 heavy (non-hydrogen) atoms. The highest BCUT2D eigenvalue weighted by atomic mass is 35.5. The number of halogens is 1. The highest BCUT2D eigenvalue weighted by molar-refractivity contribution is 7.92. The van der Waals surface area contributed by atoms with E-state index in [2.05, 4.69) is 14.9 Å². The number of nitrogens with zero attached hydrogens (tertiary/aromatic N) is 4. The molecule has 0 saturated carbocycles. The van der Waals surface area contributed by atoms with Crippen LogP contribution in [0.2, 0.25) is 5.02 Å². The van der Waals surface area contributed by atoms with Gasteiger partial charge in [-0.05, 0) is 50.2 Å². The molecule has 0 saturated heterocycles. The molecule has 4 aromatic rings. The summed E-state index contributed by atoms with van der Waals surface area (Å²) in [6, 6.07) is 16.3. The second-order valence-corrected chi connectivity index (χ2v) is 10.0. The monoisotopic (exact) mass is 513 g/mol. The third kappa shape index (κ3) is 4.94. The summed E-state index contributed by atoms with van der Waals surface area (Å²) in [6.07, 6.45) is 0. The molecule has 4 rings (SSSR count). The number of rotatable bonds is 8. The SMILES string of the molecule is CCS(=O)(=O)Nc1nnc(-c2ccc(C)nc2-c2ccc(Cl)cc2)n1-c1c(OC)cccc1OC. The Morgan fingerprint density at radius 2 is 1.63 bits per heavy atom. The lowest BCUT2D eigenvalue weighted by molar-refractivity contribution is 0.391. The number of aromatic nitrogens is 4. The number of aryl methyl sites for hydroxylation is 1. The summed E-state index contributed by atoms with van der Waals surface area (Å²) >= 11 is 6.10. The number of para-hydroxylation sites is 1. The van der Waals surface area contributed by atoms with Crippen LogP contribution in [0.25, 0.3) is 28.3 Å². The van der Waals surface area contributed by atoms with E-state index in [9.17, 15) is 8.42 Å². The Morgan fingerprint density at radius 1 is 0.971 bits per heavy atom. The first-order chi connectivity index (χ1) is 16.8. The van der Waals surface area contributed by atoms with E-state index in [1.165, 1.54) is 21.1 Å². The second kappa shape index (κ2) is 9.93. The number of hydrogen-bond donors (Lipinski definition) is 1. The molecule has 1 N–H and O–H groups in total. The molecular weight excluding hydrogens is 490 g/mol. The topological polar surface area (TPSA) is 108 Å². The van der Waals surface area contributed by atoms with E-state index in [-0.39, 0.29) is 11.7 Å². The fourth-order valence-electron chi connectivity index (χ4n) is 3.56. The van der Waals surface area contributed by atoms with Gasteiger partial charge in [0, 0.05) is 21.8 Å². The van der Waals surface area contributed by atoms with Crippen molar-refractivity contribution in [2.45, 2.75) is 13.8 Å². The van der Waals surface area contributed by atoms with E-state index >= 15 is 0 Å². The minimum Gasteiger partial charge on any atom is -0.494 e. The average molecular weight is 514 g/mol. The van der Waals surface area contributed by atoms with Gasteiger partial charge in [0.25, 0.3) is 0 Å². The van der Waals surface area contributed by atoms with Gasteiger partial charge in [0.1, 0.15) is 17.2 Å². The van der Waals surface area contributed by atoms with Crippen molar-refractivity contribution in [3.05, 3.63) is 65.3 Å². The number of ether oxygens (including phenoxy) is 2. The van der Waals surface area contributed by atoms with Crippen molar-refractivity contribution in [1.82, 2.24) is 19.7 Å². The summed E-state index contributed by atoms with van der Waals surface area (Å²) in [5, 5.41) is 9.16. The van der Waals surface area contributed by atoms with Crippen molar-refractivity contribution < 1.29 is 17.9 Å². The van der Waals surface area contributed by atoms with Gasteiger partial charge in [0.2, 0.25) is 16.0 Å². The van der Waals surface area contributed by atoms with Crippen molar-refractivity contribution in [2.24, 2.45) is 0 Å². The molecule has 182 valence electrons. The molecule has 0 aliphatic rings. The van der Waals surface area contributed by atoms with Crippen molar-refractivity contribution in [3.8, 4) is 39.8 Å². The summed E-state index contributed by atoms with van der Waals surface area (Å²) in [7, 11) is -0.633. The average Bonchev–Trinajstić information content (AvgIpc) is 3.25. The molecular formula is C24H24ClN5O4S. The fourth-order valence-corrected chi connectivity index (χ4v) is 4.25. The first-order valence-corrected chi connectivity index (χ1v) is 12.7. The molecule has 2 heterocycles. The third-order valence-corrected chi connectivity index (χ3v) is 6.81. The molecule has 2 aromatic carbocycles. The number of sulfonamides is 1. The fraction of sp³-hybridized carbons (Fsp3) is 0.208. The Kier molecular flexibility index (Phi) is 6.95. The van der Waals surface area contributed by atoms with E-state index < -0.39 is 10.0 Å². The summed E-state index contributed by atoms with van der Waals surface area (Å²) in [5.74, 6) is 1.08. The summed E-state index contributed by atoms with van der Waals surface area (Å²) in [4.78, 5) is 4.74. The van der Waals surface area contributed by atoms with E-state index in [1.807, 2.05) is 31.2 Å². The van der Waals surface area contributed by atoms with E-state index in [1.54, 1.807) is 34.9 Å². The molecule has 0 amide bonds. The Labute approximate surface area is 208 Å². The van der Waals surface area contributed by atoms with Gasteiger partial charge >= 0.3 is 0 Å². The zero-order chi connectivity index (χ0) is 25.2. The zero-order valence-corrected chi connectivity index (χ0v) is 21.2. The standard InChI is InChI=1S/C24H24ClN5O4S/c1-5-35(31,32)29-24-28-27-23(30(24)22-19(33-3)7-6-8-20(22)34-4)18-14-9-15(2)26-21(18)16-10-12-17(25)13-11-16/h6-14H,5H2,1-4H3,(H,28,29). The van der Waals surface area contributed by atoms with Crippen molar-refractivity contribution in [1.29, 1.82) is 0 Å². The number of benzene rings is 2. The molecule has 0 unspecified atom stereocenters. The maximum absolute atomic E-state index is 12.5. The molecule has 0 bridgehead atoms. The molecule has 0 atom stereocenters. The third-order valence-electron chi connectivity index (χ3n) is 5.31. The highest BCUT2D eigenvalue weighted by Crippen LogP contribution is 2.39. The van der Waals surface area contributed by atoms with Crippen molar-refractivity contribution >= 4 is 27.6 Å². The summed E-state index contributed by atoms with van der Waals surface area (Å²) in [5.41, 5.74) is 3.31. The number of anilines is 1. The van der Waals surface area contributed by atoms with E-state index in [0.717, 1.165) is 11.3 Å². The number of nitrogens with one attached hydrogen (secondary N) is 1. The largest absolute Gasteiger partial charge is 0.494 e. The zero-order valence-electron chi connectivity index (χ0n) is 19.6. The van der Waals surface area contributed by atoms with Gasteiger partial charge in [-0.15, -0.1) is 10.2 Å². The van der Waals surface area contributed by atoms with Crippen LogP contribution >= 0.6 is 11.6 Å². The van der Waals surface area contributed by atoms with E-state index in [4.69, 9.17) is 26.1 Å². The first-order valence-electron chi connectivity index (χ1n) is 10.7. The van der Waals surface area contributed by atoms with Gasteiger partial charge in [0.05, 0.1) is 25.7 Å². The summed E-state index contributed by atoms with van der Waals surface area (Å²) in [6.45, 7) is 3.42. The van der Waals surface area contributed by atoms with Crippen molar-refractivity contribution in [2.75, 3.05) is 24.7 Å². The predicted molar refractivity (Wildman–Crippen MR) is 136 cm³/mol. The van der Waals surface area contributed by atoms with Gasteiger partial charge in [-0.1, -0.05) is 29.8 Å². The van der Waals surface area contributed by atoms with Crippen LogP contribution in [0.4, 0.5) is 5.95 Å². The Bertz CT molecular complexity index is 1450. The lowest BCUT2D eigenvalue weighted by atomic mass is 10.0. The molecule has 9 nitrogen and oxygen atoms in total. The number of hydrogen-bond acceptors (Lipinski definition) is 7. The van der Waals surface area contributed by atoms with Gasteiger partial charge < -0.3 is 9.47 Å². The Hall–Kier alpha value is -3.63. The van der Waals surface area contributed by atoms with Gasteiger partial charge in [-0.3, -0.25) is 14.3 Å². The highest BCUT2D eigenvalue weighted by Gasteiger charge is 2.26. The molecule has 0 aliphatic carbocycles. The van der Waals surface area contributed by atoms with Crippen LogP contribution in [0.5, 0.6) is 11.5 Å². The van der Waals surface area contributed by atoms with Gasteiger partial charge in [-0.2, -0.15) is 0 Å². The maximum Gasteiger partial charge on any atom is 0.243 e. The molecule has 0 spiro atoms. The molecule has 2 aromatic heterocycles. The molecule has 0 fully saturated rings. The van der Waals surface area contributed by atoms with Gasteiger partial charge in [0.15, 0.2) is 5.82 Å². The van der Waals surface area contributed by atoms with Crippen LogP contribution < -0.4 is 14.2 Å². The van der Waals surface area contributed by atoms with Crippen molar-refractivity contribution in [3.63, 3.8) is 0 Å². The Balaban J connectivity index is 2.05. The second-order valence-electron chi connectivity index (χ2n) is 7.55. The molecule has 0 radical (unpaired) electrons.